The van der Waals surface area contributed by atoms with Crippen LogP contribution in [0.1, 0.15) is 50.2 Å². The lowest BCUT2D eigenvalue weighted by Crippen LogP contribution is -2.39. The van der Waals surface area contributed by atoms with E-state index in [-0.39, 0.29) is 5.91 Å². The summed E-state index contributed by atoms with van der Waals surface area (Å²) in [7, 11) is 0. The Morgan fingerprint density at radius 3 is 2.42 bits per heavy atom. The highest BCUT2D eigenvalue weighted by atomic mass is 16.4. The van der Waals surface area contributed by atoms with E-state index in [0.29, 0.717) is 11.5 Å². The average molecular weight is 351 g/mol. The molecule has 0 aromatic heterocycles. The molecule has 2 aromatic rings. The summed E-state index contributed by atoms with van der Waals surface area (Å²) in [6.45, 7) is 5.43. The summed E-state index contributed by atoms with van der Waals surface area (Å²) in [5.41, 5.74) is 4.18. The molecule has 1 N–H and O–H groups in total. The number of carboxylic acids is 1. The minimum Gasteiger partial charge on any atom is -0.478 e. The van der Waals surface area contributed by atoms with Crippen molar-refractivity contribution in [2.45, 2.75) is 33.1 Å². The van der Waals surface area contributed by atoms with Crippen molar-refractivity contribution in [1.82, 2.24) is 4.90 Å². The van der Waals surface area contributed by atoms with Crippen LogP contribution in [0.25, 0.3) is 0 Å². The molecular formula is C22H25NO3. The summed E-state index contributed by atoms with van der Waals surface area (Å²) in [5, 5.41) is 9.33. The zero-order valence-corrected chi connectivity index (χ0v) is 15.4. The van der Waals surface area contributed by atoms with Gasteiger partial charge in [0.15, 0.2) is 0 Å². The fourth-order valence-electron chi connectivity index (χ4n) is 3.69. The largest absolute Gasteiger partial charge is 0.478 e. The van der Waals surface area contributed by atoms with Gasteiger partial charge in [-0.05, 0) is 62.3 Å². The number of carbonyl (C=O) groups is 2. The number of nitrogens with zero attached hydrogens (tertiary/aromatic N) is 1. The van der Waals surface area contributed by atoms with Gasteiger partial charge in [-0.2, -0.15) is 0 Å². The van der Waals surface area contributed by atoms with Crippen molar-refractivity contribution in [2.24, 2.45) is 5.92 Å². The molecule has 1 fully saturated rings. The van der Waals surface area contributed by atoms with Crippen molar-refractivity contribution in [3.63, 3.8) is 0 Å². The Balaban J connectivity index is 1.64. The lowest BCUT2D eigenvalue weighted by atomic mass is 9.88. The molecule has 0 spiro atoms. The second kappa shape index (κ2) is 7.73. The summed E-state index contributed by atoms with van der Waals surface area (Å²) in [6.07, 6.45) is 2.57. The minimum atomic E-state index is -0.872. The minimum absolute atomic E-state index is 0.107. The van der Waals surface area contributed by atoms with Crippen LogP contribution in [-0.4, -0.2) is 35.0 Å². The zero-order valence-electron chi connectivity index (χ0n) is 15.4. The highest BCUT2D eigenvalue weighted by Crippen LogP contribution is 2.25. The van der Waals surface area contributed by atoms with Gasteiger partial charge in [0.1, 0.15) is 0 Å². The number of hydrogen-bond donors (Lipinski definition) is 1. The molecule has 1 heterocycles. The van der Waals surface area contributed by atoms with E-state index in [1.54, 1.807) is 12.1 Å². The van der Waals surface area contributed by atoms with Gasteiger partial charge in [-0.25, -0.2) is 4.79 Å². The smallest absolute Gasteiger partial charge is 0.335 e. The van der Waals surface area contributed by atoms with E-state index in [2.05, 4.69) is 0 Å². The molecule has 0 radical (unpaired) electrons. The van der Waals surface area contributed by atoms with Gasteiger partial charge < -0.3 is 10.0 Å². The van der Waals surface area contributed by atoms with E-state index in [1.165, 1.54) is 0 Å². The van der Waals surface area contributed by atoms with Crippen molar-refractivity contribution in [3.8, 4) is 0 Å². The summed E-state index contributed by atoms with van der Waals surface area (Å²) in [6, 6.07) is 13.2. The maximum absolute atomic E-state index is 12.8. The third kappa shape index (κ3) is 3.96. The molecule has 2 aromatic carbocycles. The lowest BCUT2D eigenvalue weighted by Gasteiger charge is -2.32. The van der Waals surface area contributed by atoms with Crippen LogP contribution in [0.4, 0.5) is 0 Å². The van der Waals surface area contributed by atoms with Gasteiger partial charge in [0.2, 0.25) is 0 Å². The Bertz CT molecular complexity index is 820. The third-order valence-electron chi connectivity index (χ3n) is 5.28. The second-order valence-corrected chi connectivity index (χ2v) is 7.22. The second-order valence-electron chi connectivity index (χ2n) is 7.22. The van der Waals surface area contributed by atoms with Gasteiger partial charge in [0.05, 0.1) is 5.56 Å². The maximum atomic E-state index is 12.8. The molecular weight excluding hydrogens is 326 g/mol. The maximum Gasteiger partial charge on any atom is 0.335 e. The fraction of sp³-hybridized carbons (Fsp3) is 0.364. The van der Waals surface area contributed by atoms with E-state index in [1.807, 2.05) is 49.1 Å². The molecule has 0 unspecified atom stereocenters. The SMILES string of the molecule is Cc1ccc(C)c(C(=O)N2CCC(Cc3ccccc3C(=O)O)CC2)c1. The molecule has 1 amide bonds. The van der Waals surface area contributed by atoms with E-state index in [4.69, 9.17) is 0 Å². The van der Waals surface area contributed by atoms with E-state index < -0.39 is 5.97 Å². The first-order valence-corrected chi connectivity index (χ1v) is 9.13. The van der Waals surface area contributed by atoms with Crippen molar-refractivity contribution >= 4 is 11.9 Å². The fourth-order valence-corrected chi connectivity index (χ4v) is 3.69. The summed E-state index contributed by atoms with van der Waals surface area (Å²) in [5.74, 6) is -0.350. The van der Waals surface area contributed by atoms with Crippen LogP contribution in [0.2, 0.25) is 0 Å². The molecule has 0 saturated carbocycles. The Morgan fingerprint density at radius 2 is 1.73 bits per heavy atom. The Hall–Kier alpha value is -2.62. The monoisotopic (exact) mass is 351 g/mol. The highest BCUT2D eigenvalue weighted by molar-refractivity contribution is 5.96. The number of aryl methyl sites for hydroxylation is 2. The molecule has 136 valence electrons. The molecule has 4 heteroatoms. The van der Waals surface area contributed by atoms with Crippen LogP contribution >= 0.6 is 0 Å². The van der Waals surface area contributed by atoms with Gasteiger partial charge in [-0.1, -0.05) is 35.9 Å². The van der Waals surface area contributed by atoms with Gasteiger partial charge in [-0.15, -0.1) is 0 Å². The van der Waals surface area contributed by atoms with E-state index in [0.717, 1.165) is 54.6 Å². The summed E-state index contributed by atoms with van der Waals surface area (Å²) < 4.78 is 0. The van der Waals surface area contributed by atoms with Crippen molar-refractivity contribution in [3.05, 3.63) is 70.3 Å². The Labute approximate surface area is 154 Å². The van der Waals surface area contributed by atoms with E-state index in [9.17, 15) is 14.7 Å². The van der Waals surface area contributed by atoms with Crippen LogP contribution in [0.15, 0.2) is 42.5 Å². The topological polar surface area (TPSA) is 57.6 Å². The molecule has 1 saturated heterocycles. The van der Waals surface area contributed by atoms with Gasteiger partial charge >= 0.3 is 5.97 Å². The van der Waals surface area contributed by atoms with Crippen LogP contribution < -0.4 is 0 Å². The summed E-state index contributed by atoms with van der Waals surface area (Å²) >= 11 is 0. The molecule has 0 bridgehead atoms. The van der Waals surface area contributed by atoms with Crippen molar-refractivity contribution in [1.29, 1.82) is 0 Å². The normalized spacial score (nSPS) is 15.1. The van der Waals surface area contributed by atoms with Gasteiger partial charge in [-0.3, -0.25) is 4.79 Å². The number of likely N-dealkylation sites (tertiary alicyclic amines) is 1. The van der Waals surface area contributed by atoms with Gasteiger partial charge in [0, 0.05) is 18.7 Å². The van der Waals surface area contributed by atoms with Crippen LogP contribution in [0.3, 0.4) is 0 Å². The number of amides is 1. The number of rotatable bonds is 4. The van der Waals surface area contributed by atoms with Crippen molar-refractivity contribution in [2.75, 3.05) is 13.1 Å². The van der Waals surface area contributed by atoms with E-state index >= 15 is 0 Å². The predicted octanol–water partition coefficient (Wildman–Crippen LogP) is 4.10. The quantitative estimate of drug-likeness (QED) is 0.902. The lowest BCUT2D eigenvalue weighted by molar-refractivity contribution is 0.0689. The number of benzene rings is 2. The van der Waals surface area contributed by atoms with Gasteiger partial charge in [0.25, 0.3) is 5.91 Å². The first kappa shape index (κ1) is 18.2. The molecule has 4 nitrogen and oxygen atoms in total. The third-order valence-corrected chi connectivity index (χ3v) is 5.28. The zero-order chi connectivity index (χ0) is 18.7. The molecule has 1 aliphatic heterocycles. The number of piperidine rings is 1. The number of aromatic carboxylic acids is 1. The highest BCUT2D eigenvalue weighted by Gasteiger charge is 2.25. The molecule has 0 aliphatic carbocycles. The number of carbonyl (C=O) groups excluding carboxylic acids is 1. The Kier molecular flexibility index (Phi) is 5.40. The van der Waals surface area contributed by atoms with Crippen molar-refractivity contribution < 1.29 is 14.7 Å². The predicted molar refractivity (Wildman–Crippen MR) is 102 cm³/mol. The molecule has 0 atom stereocenters. The molecule has 26 heavy (non-hydrogen) atoms. The van der Waals surface area contributed by atoms with Crippen LogP contribution in [-0.2, 0) is 6.42 Å². The number of carboxylic acid groups (broad SMARTS) is 1. The first-order chi connectivity index (χ1) is 12.5. The average Bonchev–Trinajstić information content (AvgIpc) is 2.64. The van der Waals surface area contributed by atoms with Crippen LogP contribution in [0, 0.1) is 19.8 Å². The molecule has 3 rings (SSSR count). The Morgan fingerprint density at radius 1 is 1.04 bits per heavy atom. The summed E-state index contributed by atoms with van der Waals surface area (Å²) in [4.78, 5) is 26.1. The number of hydrogen-bond acceptors (Lipinski definition) is 2. The first-order valence-electron chi connectivity index (χ1n) is 9.13. The molecule has 1 aliphatic rings. The van der Waals surface area contributed by atoms with Crippen LogP contribution in [0.5, 0.6) is 0 Å². The standard InChI is InChI=1S/C22H25NO3/c1-15-7-8-16(2)20(13-15)21(24)23-11-9-17(10-12-23)14-18-5-3-4-6-19(18)22(25)26/h3-8,13,17H,9-12,14H2,1-2H3,(H,25,26).